The molecule has 17 heavy (non-hydrogen) atoms. The number of carbonyl (C=O) groups excluding carboxylic acids is 1. The highest BCUT2D eigenvalue weighted by Crippen LogP contribution is 2.40. The lowest BCUT2D eigenvalue weighted by atomic mass is 9.87. The van der Waals surface area contributed by atoms with E-state index in [1.54, 1.807) is 0 Å². The lowest BCUT2D eigenvalue weighted by molar-refractivity contribution is -0.175. The Bertz CT molecular complexity index is 372. The number of aliphatic carboxylic acids is 1. The molecule has 0 aromatic heterocycles. The van der Waals surface area contributed by atoms with Gasteiger partial charge in [-0.25, -0.2) is 0 Å². The summed E-state index contributed by atoms with van der Waals surface area (Å²) in [6.07, 6.45) is 6.19. The average molecular weight is 238 g/mol. The molecule has 2 saturated heterocycles. The summed E-state index contributed by atoms with van der Waals surface area (Å²) in [7, 11) is 0. The summed E-state index contributed by atoms with van der Waals surface area (Å²) in [4.78, 5) is 21.9. The number of rotatable bonds is 3. The molecule has 0 aromatic rings. The zero-order chi connectivity index (χ0) is 12.5. The Labute approximate surface area is 99.1 Å². The first-order valence-corrected chi connectivity index (χ1v) is 5.57. The number of fused-ring (bicyclic) bond motifs is 1. The van der Waals surface area contributed by atoms with Crippen LogP contribution in [0.4, 0.5) is 0 Å². The smallest absolute Gasteiger partial charge is 0.305 e. The first-order chi connectivity index (χ1) is 8.09. The maximum atomic E-state index is 11.2. The van der Waals surface area contributed by atoms with Crippen LogP contribution in [0.15, 0.2) is 0 Å². The van der Waals surface area contributed by atoms with Gasteiger partial charge < -0.3 is 19.4 Å². The van der Waals surface area contributed by atoms with Crippen LogP contribution >= 0.6 is 0 Å². The molecule has 0 aliphatic carbocycles. The van der Waals surface area contributed by atoms with Gasteiger partial charge in [-0.1, -0.05) is 5.92 Å². The van der Waals surface area contributed by atoms with Crippen molar-refractivity contribution in [3.63, 3.8) is 0 Å². The Kier molecular flexibility index (Phi) is 3.18. The molecule has 0 radical (unpaired) electrons. The summed E-state index contributed by atoms with van der Waals surface area (Å²) in [5.41, 5.74) is -1.05. The van der Waals surface area contributed by atoms with Crippen molar-refractivity contribution in [2.45, 2.75) is 49.6 Å². The first kappa shape index (κ1) is 12.1. The van der Waals surface area contributed by atoms with Crippen molar-refractivity contribution in [2.24, 2.45) is 0 Å². The number of ether oxygens (including phenoxy) is 2. The van der Waals surface area contributed by atoms with Crippen LogP contribution in [0.25, 0.3) is 0 Å². The second kappa shape index (κ2) is 4.47. The molecule has 2 aliphatic heterocycles. The molecule has 0 aromatic carbocycles. The Hall–Kier alpha value is -1.38. The van der Waals surface area contributed by atoms with Gasteiger partial charge in [0.25, 0.3) is 0 Å². The van der Waals surface area contributed by atoms with E-state index in [0.717, 1.165) is 0 Å². The van der Waals surface area contributed by atoms with E-state index in [1.807, 2.05) is 0 Å². The molecule has 5 heteroatoms. The molecule has 2 heterocycles. The van der Waals surface area contributed by atoms with Gasteiger partial charge in [0.1, 0.15) is 6.10 Å². The number of carbonyl (C=O) groups is 2. The van der Waals surface area contributed by atoms with Gasteiger partial charge in [0.15, 0.2) is 11.9 Å². The second-order valence-corrected chi connectivity index (χ2v) is 4.47. The maximum Gasteiger partial charge on any atom is 0.305 e. The van der Waals surface area contributed by atoms with E-state index in [0.29, 0.717) is 25.5 Å². The molecular formula is C12H14O5. The van der Waals surface area contributed by atoms with Crippen LogP contribution in [0.3, 0.4) is 0 Å². The van der Waals surface area contributed by atoms with Gasteiger partial charge in [-0.2, -0.15) is 0 Å². The van der Waals surface area contributed by atoms with Gasteiger partial charge in [0, 0.05) is 6.42 Å². The number of hydrogen-bond donors (Lipinski definition) is 1. The highest BCUT2D eigenvalue weighted by molar-refractivity contribution is 5.68. The lowest BCUT2D eigenvalue weighted by Crippen LogP contribution is -2.50. The third kappa shape index (κ3) is 2.19. The molecule has 2 fully saturated rings. The van der Waals surface area contributed by atoms with Crippen LogP contribution < -0.4 is 0 Å². The summed E-state index contributed by atoms with van der Waals surface area (Å²) in [5.74, 6) is 1.53. The Balaban J connectivity index is 2.11. The fraction of sp³-hybridized carbons (Fsp3) is 0.667. The highest BCUT2D eigenvalue weighted by Gasteiger charge is 2.53. The molecular weight excluding hydrogens is 224 g/mol. The number of carboxylic acids is 1. The van der Waals surface area contributed by atoms with Crippen LogP contribution in [-0.2, 0) is 19.1 Å². The summed E-state index contributed by atoms with van der Waals surface area (Å²) >= 11 is 0. The molecule has 1 N–H and O–H groups in total. The van der Waals surface area contributed by atoms with Gasteiger partial charge >= 0.3 is 5.97 Å². The summed E-state index contributed by atoms with van der Waals surface area (Å²) in [6, 6.07) is 0. The van der Waals surface area contributed by atoms with Gasteiger partial charge in [-0.15, -0.1) is 6.42 Å². The van der Waals surface area contributed by atoms with E-state index in [2.05, 4.69) is 5.92 Å². The fourth-order valence-electron chi connectivity index (χ4n) is 2.51. The molecule has 0 spiro atoms. The van der Waals surface area contributed by atoms with Crippen LogP contribution in [0, 0.1) is 12.3 Å². The highest BCUT2D eigenvalue weighted by atomic mass is 16.6. The largest absolute Gasteiger partial charge is 0.481 e. The molecule has 0 saturated carbocycles. The van der Waals surface area contributed by atoms with Crippen molar-refractivity contribution in [1.29, 1.82) is 0 Å². The van der Waals surface area contributed by atoms with Crippen LogP contribution in [-0.4, -0.2) is 41.3 Å². The number of aldehydes is 1. The molecule has 2 rings (SSSR count). The molecule has 0 unspecified atom stereocenters. The summed E-state index contributed by atoms with van der Waals surface area (Å²) in [5, 5.41) is 8.73. The van der Waals surface area contributed by atoms with Gasteiger partial charge in [0.2, 0.25) is 0 Å². The first-order valence-electron chi connectivity index (χ1n) is 5.57. The van der Waals surface area contributed by atoms with E-state index in [1.165, 1.54) is 0 Å². The van der Waals surface area contributed by atoms with Gasteiger partial charge in [-0.3, -0.25) is 4.79 Å². The Morgan fingerprint density at radius 3 is 2.94 bits per heavy atom. The van der Waals surface area contributed by atoms with Crippen LogP contribution in [0.1, 0.15) is 25.7 Å². The maximum absolute atomic E-state index is 11.2. The van der Waals surface area contributed by atoms with Crippen molar-refractivity contribution in [2.75, 3.05) is 0 Å². The standard InChI is InChI=1S/C12H14O5/c1-2-8-6-12(7-13)10(16-8)4-3-9(17-12)5-11(14)15/h1,7-10H,3-6H2,(H,14,15)/t8-,9+,10-,12+/m0/s1. The summed E-state index contributed by atoms with van der Waals surface area (Å²) < 4.78 is 11.1. The minimum atomic E-state index is -1.05. The van der Waals surface area contributed by atoms with Gasteiger partial charge in [-0.05, 0) is 12.8 Å². The van der Waals surface area contributed by atoms with Crippen LogP contribution in [0.5, 0.6) is 0 Å². The minimum Gasteiger partial charge on any atom is -0.481 e. The van der Waals surface area contributed by atoms with Crippen molar-refractivity contribution in [3.05, 3.63) is 0 Å². The second-order valence-electron chi connectivity index (χ2n) is 4.47. The van der Waals surface area contributed by atoms with Crippen LogP contribution in [0.2, 0.25) is 0 Å². The Morgan fingerprint density at radius 2 is 2.35 bits per heavy atom. The molecule has 92 valence electrons. The number of hydrogen-bond acceptors (Lipinski definition) is 4. The number of terminal acetylenes is 1. The van der Waals surface area contributed by atoms with Gasteiger partial charge in [0.05, 0.1) is 18.6 Å². The van der Waals surface area contributed by atoms with E-state index in [9.17, 15) is 9.59 Å². The molecule has 0 bridgehead atoms. The van der Waals surface area contributed by atoms with E-state index in [-0.39, 0.29) is 12.5 Å². The lowest BCUT2D eigenvalue weighted by Gasteiger charge is -2.37. The van der Waals surface area contributed by atoms with Crippen molar-refractivity contribution in [1.82, 2.24) is 0 Å². The third-order valence-corrected chi connectivity index (χ3v) is 3.30. The van der Waals surface area contributed by atoms with E-state index in [4.69, 9.17) is 21.0 Å². The third-order valence-electron chi connectivity index (χ3n) is 3.30. The van der Waals surface area contributed by atoms with Crippen molar-refractivity contribution >= 4 is 12.3 Å². The summed E-state index contributed by atoms with van der Waals surface area (Å²) in [6.45, 7) is 0. The quantitative estimate of drug-likeness (QED) is 0.568. The minimum absolute atomic E-state index is 0.0942. The predicted octanol–water partition coefficient (Wildman–Crippen LogP) is 0.368. The van der Waals surface area contributed by atoms with E-state index < -0.39 is 23.8 Å². The predicted molar refractivity (Wildman–Crippen MR) is 57.3 cm³/mol. The zero-order valence-electron chi connectivity index (χ0n) is 9.30. The number of carboxylic acid groups (broad SMARTS) is 1. The SMILES string of the molecule is C#C[C@H]1C[C@]2(C=O)O[C@@H](CC(=O)O)CC[C@@H]2O1. The monoisotopic (exact) mass is 238 g/mol. The topological polar surface area (TPSA) is 72.8 Å². The molecule has 4 atom stereocenters. The van der Waals surface area contributed by atoms with E-state index >= 15 is 0 Å². The van der Waals surface area contributed by atoms with Crippen molar-refractivity contribution < 1.29 is 24.2 Å². The fourth-order valence-corrected chi connectivity index (χ4v) is 2.51. The zero-order valence-corrected chi connectivity index (χ0v) is 9.30. The normalized spacial score (nSPS) is 40.3. The van der Waals surface area contributed by atoms with Crippen molar-refractivity contribution in [3.8, 4) is 12.3 Å². The molecule has 2 aliphatic rings. The molecule has 0 amide bonds. The average Bonchev–Trinajstić information content (AvgIpc) is 2.66. The Morgan fingerprint density at radius 1 is 1.59 bits per heavy atom. The molecule has 5 nitrogen and oxygen atoms in total.